The smallest absolute Gasteiger partial charge is 0.243 e. The van der Waals surface area contributed by atoms with Crippen molar-refractivity contribution in [3.63, 3.8) is 0 Å². The maximum atomic E-state index is 13.8. The zero-order valence-electron chi connectivity index (χ0n) is 24.8. The fourth-order valence-electron chi connectivity index (χ4n) is 5.98. The highest BCUT2D eigenvalue weighted by molar-refractivity contribution is 5.98. The van der Waals surface area contributed by atoms with Gasteiger partial charge in [0.15, 0.2) is 11.7 Å². The number of nitrogens with zero attached hydrogens (tertiary/aromatic N) is 1. The minimum atomic E-state index is -0.807. The van der Waals surface area contributed by atoms with Crippen LogP contribution in [0.4, 0.5) is 0 Å². The van der Waals surface area contributed by atoms with Crippen LogP contribution in [0.3, 0.4) is 0 Å². The number of hydrogen-bond donors (Lipinski definition) is 5. The summed E-state index contributed by atoms with van der Waals surface area (Å²) in [6.45, 7) is 1.23. The van der Waals surface area contributed by atoms with Crippen molar-refractivity contribution in [3.05, 3.63) is 71.3 Å². The molecule has 10 heteroatoms. The molecule has 2 aromatic carbocycles. The summed E-state index contributed by atoms with van der Waals surface area (Å²) in [5.74, 6) is -0.749. The lowest BCUT2D eigenvalue weighted by Gasteiger charge is -2.37. The van der Waals surface area contributed by atoms with Gasteiger partial charge in [-0.1, -0.05) is 73.9 Å². The highest BCUT2D eigenvalue weighted by atomic mass is 16.2. The molecule has 1 aliphatic carbocycles. The number of hydrogen-bond acceptors (Lipinski definition) is 5. The Labute approximate surface area is 253 Å². The second-order valence-corrected chi connectivity index (χ2v) is 11.6. The molecule has 3 amide bonds. The van der Waals surface area contributed by atoms with Crippen LogP contribution in [0.1, 0.15) is 79.3 Å². The highest BCUT2D eigenvalue weighted by Gasteiger charge is 2.36. The number of carbonyl (C=O) groups is 4. The van der Waals surface area contributed by atoms with Gasteiger partial charge in [0.1, 0.15) is 12.1 Å². The van der Waals surface area contributed by atoms with E-state index in [2.05, 4.69) is 16.0 Å². The van der Waals surface area contributed by atoms with Crippen molar-refractivity contribution in [1.82, 2.24) is 20.9 Å². The monoisotopic (exact) mass is 588 g/mol. The number of amides is 3. The Balaban J connectivity index is 1.45. The van der Waals surface area contributed by atoms with Gasteiger partial charge in [-0.05, 0) is 42.7 Å². The number of ketones is 1. The van der Waals surface area contributed by atoms with Crippen LogP contribution in [0.2, 0.25) is 0 Å². The quantitative estimate of drug-likeness (QED) is 0.105. The van der Waals surface area contributed by atoms with E-state index in [0.717, 1.165) is 24.0 Å². The number of benzene rings is 2. The molecule has 2 aromatic rings. The Morgan fingerprint density at radius 2 is 1.60 bits per heavy atom. The van der Waals surface area contributed by atoms with E-state index in [4.69, 9.17) is 11.1 Å². The van der Waals surface area contributed by atoms with Gasteiger partial charge in [0.2, 0.25) is 17.7 Å². The van der Waals surface area contributed by atoms with Crippen LogP contribution in [0.25, 0.3) is 0 Å². The molecule has 1 saturated carbocycles. The summed E-state index contributed by atoms with van der Waals surface area (Å²) in [4.78, 5) is 54.9. The first kappa shape index (κ1) is 31.7. The van der Waals surface area contributed by atoms with E-state index in [1.54, 1.807) is 29.2 Å². The van der Waals surface area contributed by atoms with Crippen LogP contribution in [-0.2, 0) is 27.3 Å². The SMILES string of the molecule is N=C(N)NCCC[C@H](NC(=O)[C@@H]1Cc2ccccc2CN1C(=O)CCC(=O)c1ccccc1)C(=O)NCC1CCCCC1. The molecule has 10 nitrogen and oxygen atoms in total. The molecule has 230 valence electrons. The molecule has 2 aliphatic rings. The molecular weight excluding hydrogens is 544 g/mol. The maximum absolute atomic E-state index is 13.8. The van der Waals surface area contributed by atoms with E-state index in [1.165, 1.54) is 19.3 Å². The molecule has 1 fully saturated rings. The molecule has 4 rings (SSSR count). The van der Waals surface area contributed by atoms with Crippen molar-refractivity contribution in [2.75, 3.05) is 13.1 Å². The lowest BCUT2D eigenvalue weighted by molar-refractivity contribution is -0.142. The molecule has 0 spiro atoms. The van der Waals surface area contributed by atoms with Crippen molar-refractivity contribution in [2.24, 2.45) is 11.7 Å². The summed E-state index contributed by atoms with van der Waals surface area (Å²) in [5, 5.41) is 16.1. The molecule has 2 atom stereocenters. The van der Waals surface area contributed by atoms with Crippen LogP contribution in [0.5, 0.6) is 0 Å². The molecule has 0 aromatic heterocycles. The largest absolute Gasteiger partial charge is 0.370 e. The van der Waals surface area contributed by atoms with Crippen molar-refractivity contribution in [2.45, 2.75) is 82.8 Å². The normalized spacial score (nSPS) is 17.3. The third-order valence-electron chi connectivity index (χ3n) is 8.44. The van der Waals surface area contributed by atoms with Gasteiger partial charge in [0.05, 0.1) is 0 Å². The van der Waals surface area contributed by atoms with Gasteiger partial charge in [-0.25, -0.2) is 0 Å². The van der Waals surface area contributed by atoms with Crippen molar-refractivity contribution in [1.29, 1.82) is 5.41 Å². The summed E-state index contributed by atoms with van der Waals surface area (Å²) >= 11 is 0. The minimum absolute atomic E-state index is 0.0122. The Hall–Kier alpha value is -4.21. The van der Waals surface area contributed by atoms with E-state index >= 15 is 0 Å². The Bertz CT molecular complexity index is 1280. The fourth-order valence-corrected chi connectivity index (χ4v) is 5.98. The van der Waals surface area contributed by atoms with Crippen LogP contribution in [0.15, 0.2) is 54.6 Å². The minimum Gasteiger partial charge on any atom is -0.370 e. The molecule has 6 N–H and O–H groups in total. The summed E-state index contributed by atoms with van der Waals surface area (Å²) in [7, 11) is 0. The van der Waals surface area contributed by atoms with Gasteiger partial charge in [0.25, 0.3) is 0 Å². The predicted molar refractivity (Wildman–Crippen MR) is 165 cm³/mol. The second-order valence-electron chi connectivity index (χ2n) is 11.6. The molecule has 0 saturated heterocycles. The third kappa shape index (κ3) is 9.39. The van der Waals surface area contributed by atoms with Gasteiger partial charge >= 0.3 is 0 Å². The lowest BCUT2D eigenvalue weighted by atomic mass is 9.89. The van der Waals surface area contributed by atoms with E-state index in [1.807, 2.05) is 30.3 Å². The van der Waals surface area contributed by atoms with Crippen molar-refractivity contribution < 1.29 is 19.2 Å². The van der Waals surface area contributed by atoms with E-state index in [0.29, 0.717) is 43.8 Å². The molecule has 0 radical (unpaired) electrons. The van der Waals surface area contributed by atoms with Gasteiger partial charge in [-0.3, -0.25) is 24.6 Å². The van der Waals surface area contributed by atoms with Crippen molar-refractivity contribution in [3.8, 4) is 0 Å². The van der Waals surface area contributed by atoms with E-state index in [9.17, 15) is 19.2 Å². The van der Waals surface area contributed by atoms with Gasteiger partial charge in [-0.15, -0.1) is 0 Å². The average molecular weight is 589 g/mol. The summed E-state index contributed by atoms with van der Waals surface area (Å²) < 4.78 is 0. The molecule has 1 aliphatic heterocycles. The molecular formula is C33H44N6O4. The lowest BCUT2D eigenvalue weighted by Crippen LogP contribution is -2.57. The van der Waals surface area contributed by atoms with Crippen LogP contribution < -0.4 is 21.7 Å². The first-order valence-corrected chi connectivity index (χ1v) is 15.4. The van der Waals surface area contributed by atoms with E-state index < -0.39 is 18.0 Å². The summed E-state index contributed by atoms with van der Waals surface area (Å²) in [6.07, 6.45) is 6.96. The number of nitrogens with two attached hydrogens (primary N) is 1. The molecule has 1 heterocycles. The summed E-state index contributed by atoms with van der Waals surface area (Å²) in [6, 6.07) is 15.0. The fraction of sp³-hybridized carbons (Fsp3) is 0.485. The van der Waals surface area contributed by atoms with E-state index in [-0.39, 0.29) is 42.9 Å². The van der Waals surface area contributed by atoms with Crippen LogP contribution in [-0.4, -0.2) is 59.5 Å². The predicted octanol–water partition coefficient (Wildman–Crippen LogP) is 3.05. The van der Waals surface area contributed by atoms with Crippen molar-refractivity contribution >= 4 is 29.5 Å². The topological polar surface area (TPSA) is 157 Å². The van der Waals surface area contributed by atoms with Crippen LogP contribution >= 0.6 is 0 Å². The summed E-state index contributed by atoms with van der Waals surface area (Å²) in [5.41, 5.74) is 7.90. The number of carbonyl (C=O) groups excluding carboxylic acids is 4. The van der Waals surface area contributed by atoms with Gasteiger partial charge in [-0.2, -0.15) is 0 Å². The number of guanidine groups is 1. The Morgan fingerprint density at radius 3 is 2.33 bits per heavy atom. The molecule has 0 unspecified atom stereocenters. The number of nitrogens with one attached hydrogen (secondary N) is 4. The molecule has 0 bridgehead atoms. The standard InChI is InChI=1S/C33H44N6O4/c34-33(35)36-19-9-16-27(31(42)37-21-23-10-3-1-4-11-23)38-32(43)28-20-25-14-7-8-15-26(25)22-39(28)30(41)18-17-29(40)24-12-5-2-6-13-24/h2,5-8,12-15,23,27-28H,1,3-4,9-11,16-22H2,(H,37,42)(H,38,43)(H4,34,35,36)/t27-,28-/m0/s1. The van der Waals surface area contributed by atoms with Gasteiger partial charge < -0.3 is 26.6 Å². The first-order chi connectivity index (χ1) is 20.8. The van der Waals surface area contributed by atoms with Gasteiger partial charge in [0, 0.05) is 44.5 Å². The zero-order valence-corrected chi connectivity index (χ0v) is 24.8. The third-order valence-corrected chi connectivity index (χ3v) is 8.44. The maximum Gasteiger partial charge on any atom is 0.243 e. The number of fused-ring (bicyclic) bond motifs is 1. The Morgan fingerprint density at radius 1 is 0.907 bits per heavy atom. The number of Topliss-reactive ketones (excluding diaryl/α,β-unsaturated/α-hetero) is 1. The highest BCUT2D eigenvalue weighted by Crippen LogP contribution is 2.25. The Kier molecular flexibility index (Phi) is 11.7. The molecule has 43 heavy (non-hydrogen) atoms. The van der Waals surface area contributed by atoms with Crippen LogP contribution in [0, 0.1) is 11.3 Å². The second kappa shape index (κ2) is 15.9. The number of rotatable bonds is 13. The zero-order chi connectivity index (χ0) is 30.6. The first-order valence-electron chi connectivity index (χ1n) is 15.4. The average Bonchev–Trinajstić information content (AvgIpc) is 3.03.